The van der Waals surface area contributed by atoms with Crippen LogP contribution in [0.5, 0.6) is 0 Å². The molecule has 3 nitrogen and oxygen atoms in total. The molecule has 5 heteroatoms. The maximum atomic E-state index is 11.1. The molecule has 1 aliphatic rings. The Morgan fingerprint density at radius 3 is 2.27 bits per heavy atom. The molecule has 0 N–H and O–H groups in total. The molecule has 0 bridgehead atoms. The quantitative estimate of drug-likeness (QED) is 0.724. The van der Waals surface area contributed by atoms with E-state index in [0.29, 0.717) is 5.92 Å². The molecule has 90 valence electrons. The van der Waals surface area contributed by atoms with Crippen molar-refractivity contribution >= 4 is 19.7 Å². The van der Waals surface area contributed by atoms with Crippen molar-refractivity contribution in [2.45, 2.75) is 44.6 Å². The summed E-state index contributed by atoms with van der Waals surface area (Å²) in [5.41, 5.74) is -0.624. The first-order valence-corrected chi connectivity index (χ1v) is 7.83. The van der Waals surface area contributed by atoms with Gasteiger partial charge in [0.2, 0.25) is 9.05 Å². The lowest BCUT2D eigenvalue weighted by Crippen LogP contribution is -2.43. The zero-order valence-corrected chi connectivity index (χ0v) is 10.9. The Morgan fingerprint density at radius 2 is 1.87 bits per heavy atom. The summed E-state index contributed by atoms with van der Waals surface area (Å²) in [6.07, 6.45) is 5.63. The normalized spacial score (nSPS) is 23.7. The molecular formula is C10H19ClO3S. The van der Waals surface area contributed by atoms with Crippen molar-refractivity contribution in [3.05, 3.63) is 0 Å². The Bertz CT molecular complexity index is 296. The van der Waals surface area contributed by atoms with Crippen molar-refractivity contribution in [2.75, 3.05) is 12.9 Å². The van der Waals surface area contributed by atoms with Gasteiger partial charge in [-0.25, -0.2) is 8.42 Å². The van der Waals surface area contributed by atoms with E-state index >= 15 is 0 Å². The first-order chi connectivity index (χ1) is 6.87. The number of hydrogen-bond donors (Lipinski definition) is 0. The van der Waals surface area contributed by atoms with Crippen molar-refractivity contribution in [2.24, 2.45) is 5.92 Å². The molecule has 0 aromatic rings. The van der Waals surface area contributed by atoms with Crippen LogP contribution in [0.3, 0.4) is 0 Å². The molecule has 0 aliphatic heterocycles. The SMILES string of the molecule is COC(C)(CS(=O)(=O)Cl)C1CCCCC1. The predicted molar refractivity (Wildman–Crippen MR) is 61.6 cm³/mol. The van der Waals surface area contributed by atoms with Crippen LogP contribution in [-0.2, 0) is 13.8 Å². The van der Waals surface area contributed by atoms with Gasteiger partial charge in [0.25, 0.3) is 0 Å². The molecule has 0 amide bonds. The summed E-state index contributed by atoms with van der Waals surface area (Å²) in [5.74, 6) is 0.215. The average molecular weight is 255 g/mol. The molecule has 0 heterocycles. The first kappa shape index (κ1) is 13.3. The second kappa shape index (κ2) is 5.02. The lowest BCUT2D eigenvalue weighted by molar-refractivity contribution is -0.0368. The standard InChI is InChI=1S/C10H19ClO3S/c1-10(14-2,8-15(11,12)13)9-6-4-3-5-7-9/h9H,3-8H2,1-2H3. The summed E-state index contributed by atoms with van der Waals surface area (Å²) in [5, 5.41) is 0. The third kappa shape index (κ3) is 3.93. The average Bonchev–Trinajstić information content (AvgIpc) is 2.16. The molecule has 1 rings (SSSR count). The molecule has 15 heavy (non-hydrogen) atoms. The Balaban J connectivity index is 2.73. The number of methoxy groups -OCH3 is 1. The summed E-state index contributed by atoms with van der Waals surface area (Å²) in [6.45, 7) is 1.85. The van der Waals surface area contributed by atoms with Crippen LogP contribution < -0.4 is 0 Å². The predicted octanol–water partition coefficient (Wildman–Crippen LogP) is 2.54. The number of hydrogen-bond acceptors (Lipinski definition) is 3. The van der Waals surface area contributed by atoms with Crippen LogP contribution >= 0.6 is 10.7 Å². The van der Waals surface area contributed by atoms with Crippen LogP contribution in [0.1, 0.15) is 39.0 Å². The van der Waals surface area contributed by atoms with Crippen molar-refractivity contribution in [3.8, 4) is 0 Å². The zero-order chi connectivity index (χ0) is 11.5. The zero-order valence-electron chi connectivity index (χ0n) is 9.33. The van der Waals surface area contributed by atoms with Crippen LogP contribution in [0.4, 0.5) is 0 Å². The third-order valence-corrected chi connectivity index (χ3v) is 4.64. The molecule has 0 aromatic heterocycles. The van der Waals surface area contributed by atoms with Gasteiger partial charge in [-0.2, -0.15) is 0 Å². The van der Waals surface area contributed by atoms with Gasteiger partial charge >= 0.3 is 0 Å². The largest absolute Gasteiger partial charge is 0.377 e. The maximum Gasteiger partial charge on any atom is 0.235 e. The highest BCUT2D eigenvalue weighted by Gasteiger charge is 2.38. The molecular weight excluding hydrogens is 236 g/mol. The molecule has 1 saturated carbocycles. The molecule has 0 aromatic carbocycles. The Morgan fingerprint density at radius 1 is 1.33 bits per heavy atom. The van der Waals surface area contributed by atoms with E-state index in [2.05, 4.69) is 0 Å². The molecule has 0 radical (unpaired) electrons. The molecule has 1 aliphatic carbocycles. The van der Waals surface area contributed by atoms with Crippen LogP contribution in [-0.4, -0.2) is 26.9 Å². The lowest BCUT2D eigenvalue weighted by atomic mass is 9.78. The monoisotopic (exact) mass is 254 g/mol. The van der Waals surface area contributed by atoms with E-state index in [9.17, 15) is 8.42 Å². The second-order valence-corrected chi connectivity index (χ2v) is 7.31. The fourth-order valence-corrected chi connectivity index (χ4v) is 4.09. The number of halogens is 1. The molecule has 0 saturated heterocycles. The van der Waals surface area contributed by atoms with Gasteiger partial charge in [0.05, 0.1) is 11.4 Å². The van der Waals surface area contributed by atoms with Gasteiger partial charge < -0.3 is 4.74 Å². The van der Waals surface area contributed by atoms with Gasteiger partial charge in [-0.1, -0.05) is 19.3 Å². The Kier molecular flexibility index (Phi) is 4.44. The van der Waals surface area contributed by atoms with E-state index < -0.39 is 14.7 Å². The van der Waals surface area contributed by atoms with Gasteiger partial charge in [-0.15, -0.1) is 0 Å². The smallest absolute Gasteiger partial charge is 0.235 e. The highest BCUT2D eigenvalue weighted by molar-refractivity contribution is 8.13. The Hall–Kier alpha value is 0.200. The first-order valence-electron chi connectivity index (χ1n) is 5.35. The summed E-state index contributed by atoms with van der Waals surface area (Å²) < 4.78 is 27.7. The van der Waals surface area contributed by atoms with Crippen LogP contribution in [0, 0.1) is 5.92 Å². The van der Waals surface area contributed by atoms with Crippen molar-refractivity contribution in [1.29, 1.82) is 0 Å². The Labute approximate surface area is 96.6 Å². The van der Waals surface area contributed by atoms with E-state index in [1.807, 2.05) is 6.92 Å². The van der Waals surface area contributed by atoms with E-state index in [4.69, 9.17) is 15.4 Å². The van der Waals surface area contributed by atoms with Crippen LogP contribution in [0.15, 0.2) is 0 Å². The van der Waals surface area contributed by atoms with E-state index in [1.54, 1.807) is 7.11 Å². The third-order valence-electron chi connectivity index (χ3n) is 3.39. The second-order valence-electron chi connectivity index (χ2n) is 4.53. The lowest BCUT2D eigenvalue weighted by Gasteiger charge is -2.37. The van der Waals surface area contributed by atoms with Crippen LogP contribution in [0.2, 0.25) is 0 Å². The number of rotatable bonds is 4. The van der Waals surface area contributed by atoms with Gasteiger partial charge in [-0.05, 0) is 25.7 Å². The van der Waals surface area contributed by atoms with Gasteiger partial charge in [-0.3, -0.25) is 0 Å². The summed E-state index contributed by atoms with van der Waals surface area (Å²) in [6, 6.07) is 0. The summed E-state index contributed by atoms with van der Waals surface area (Å²) in [4.78, 5) is 0. The molecule has 1 atom stereocenters. The summed E-state index contributed by atoms with van der Waals surface area (Å²) >= 11 is 0. The highest BCUT2D eigenvalue weighted by Crippen LogP contribution is 2.36. The topological polar surface area (TPSA) is 43.4 Å². The van der Waals surface area contributed by atoms with E-state index in [-0.39, 0.29) is 5.75 Å². The molecule has 1 fully saturated rings. The van der Waals surface area contributed by atoms with Gasteiger partial charge in [0.1, 0.15) is 0 Å². The van der Waals surface area contributed by atoms with Gasteiger partial charge in [0.15, 0.2) is 0 Å². The highest BCUT2D eigenvalue weighted by atomic mass is 35.7. The van der Waals surface area contributed by atoms with Crippen molar-refractivity contribution in [1.82, 2.24) is 0 Å². The number of ether oxygens (including phenoxy) is 1. The van der Waals surface area contributed by atoms with Gasteiger partial charge in [0, 0.05) is 17.8 Å². The maximum absolute atomic E-state index is 11.1. The minimum Gasteiger partial charge on any atom is -0.377 e. The summed E-state index contributed by atoms with van der Waals surface area (Å²) in [7, 11) is 3.38. The minimum absolute atomic E-state index is 0.0945. The molecule has 1 unspecified atom stereocenters. The van der Waals surface area contributed by atoms with Crippen molar-refractivity contribution in [3.63, 3.8) is 0 Å². The fraction of sp³-hybridized carbons (Fsp3) is 1.00. The fourth-order valence-electron chi connectivity index (χ4n) is 2.40. The minimum atomic E-state index is -3.50. The van der Waals surface area contributed by atoms with Crippen molar-refractivity contribution < 1.29 is 13.2 Å². The molecule has 0 spiro atoms. The van der Waals surface area contributed by atoms with E-state index in [0.717, 1.165) is 25.7 Å². The van der Waals surface area contributed by atoms with Crippen LogP contribution in [0.25, 0.3) is 0 Å². The van der Waals surface area contributed by atoms with E-state index in [1.165, 1.54) is 6.42 Å².